The Bertz CT molecular complexity index is 801. The Kier molecular flexibility index (Phi) is 3.96. The quantitative estimate of drug-likeness (QED) is 0.760. The summed E-state index contributed by atoms with van der Waals surface area (Å²) in [5, 5.41) is 8.02. The summed E-state index contributed by atoms with van der Waals surface area (Å²) in [5.41, 5.74) is 3.53. The molecule has 2 N–H and O–H groups in total. The smallest absolute Gasteiger partial charge is 0.256 e. The van der Waals surface area contributed by atoms with Crippen molar-refractivity contribution in [2.24, 2.45) is 0 Å². The Morgan fingerprint density at radius 2 is 2.18 bits per heavy atom. The summed E-state index contributed by atoms with van der Waals surface area (Å²) in [6, 6.07) is 8.16. The van der Waals surface area contributed by atoms with Crippen LogP contribution in [0.1, 0.15) is 34.3 Å². The van der Waals surface area contributed by atoms with Gasteiger partial charge in [0.05, 0.1) is 5.69 Å². The van der Waals surface area contributed by atoms with Crippen molar-refractivity contribution in [3.05, 3.63) is 53.0 Å². The average Bonchev–Trinajstić information content (AvgIpc) is 3.11. The van der Waals surface area contributed by atoms with Gasteiger partial charge in [0, 0.05) is 30.1 Å². The second kappa shape index (κ2) is 6.05. The van der Waals surface area contributed by atoms with Crippen LogP contribution in [-0.2, 0) is 12.8 Å². The van der Waals surface area contributed by atoms with E-state index in [1.807, 2.05) is 31.3 Å². The number of fused-ring (bicyclic) bond motifs is 1. The van der Waals surface area contributed by atoms with Crippen LogP contribution in [0.15, 0.2) is 35.0 Å². The van der Waals surface area contributed by atoms with Gasteiger partial charge in [-0.25, -0.2) is 0 Å². The number of para-hydroxylation sites is 1. The topological polar surface area (TPSA) is 70.9 Å². The minimum Gasteiger partial charge on any atom is -0.361 e. The molecule has 0 saturated carbocycles. The molecule has 2 aromatic heterocycles. The van der Waals surface area contributed by atoms with Gasteiger partial charge in [0.1, 0.15) is 11.3 Å². The zero-order chi connectivity index (χ0) is 15.5. The first-order valence-electron chi connectivity index (χ1n) is 7.49. The van der Waals surface area contributed by atoms with Crippen molar-refractivity contribution in [2.75, 3.05) is 6.54 Å². The van der Waals surface area contributed by atoms with E-state index in [2.05, 4.69) is 21.5 Å². The number of carbonyl (C=O) groups excluding carboxylic acids is 1. The molecule has 2 heterocycles. The summed E-state index contributed by atoms with van der Waals surface area (Å²) in [6.07, 6.45) is 3.44. The van der Waals surface area contributed by atoms with E-state index in [9.17, 15) is 4.79 Å². The standard InChI is InChI=1S/C17H19N3O2/c1-3-15-16(11(2)20-22-15)17(21)18-9-8-12-10-19-14-7-5-4-6-13(12)14/h4-7,10,19H,3,8-9H2,1-2H3,(H,18,21). The SMILES string of the molecule is CCc1onc(C)c1C(=O)NCCc1c[nH]c2ccccc12. The van der Waals surface area contributed by atoms with Gasteiger partial charge in [0.25, 0.3) is 5.91 Å². The van der Waals surface area contributed by atoms with Crippen molar-refractivity contribution in [1.29, 1.82) is 0 Å². The highest BCUT2D eigenvalue weighted by Gasteiger charge is 2.18. The fourth-order valence-corrected chi connectivity index (χ4v) is 2.69. The zero-order valence-corrected chi connectivity index (χ0v) is 12.8. The van der Waals surface area contributed by atoms with Crippen LogP contribution in [0.2, 0.25) is 0 Å². The molecule has 5 nitrogen and oxygen atoms in total. The lowest BCUT2D eigenvalue weighted by Gasteiger charge is -2.05. The lowest BCUT2D eigenvalue weighted by atomic mass is 10.1. The number of aromatic amines is 1. The van der Waals surface area contributed by atoms with Gasteiger partial charge in [-0.2, -0.15) is 0 Å². The van der Waals surface area contributed by atoms with Crippen LogP contribution in [-0.4, -0.2) is 22.6 Å². The molecule has 0 aliphatic rings. The molecule has 22 heavy (non-hydrogen) atoms. The fourth-order valence-electron chi connectivity index (χ4n) is 2.69. The van der Waals surface area contributed by atoms with Gasteiger partial charge in [0.2, 0.25) is 0 Å². The Labute approximate surface area is 128 Å². The summed E-state index contributed by atoms with van der Waals surface area (Å²) in [6.45, 7) is 4.31. The molecule has 114 valence electrons. The lowest BCUT2D eigenvalue weighted by Crippen LogP contribution is -2.26. The second-order valence-corrected chi connectivity index (χ2v) is 5.29. The lowest BCUT2D eigenvalue weighted by molar-refractivity contribution is 0.0951. The van der Waals surface area contributed by atoms with Crippen LogP contribution < -0.4 is 5.32 Å². The number of benzene rings is 1. The van der Waals surface area contributed by atoms with E-state index < -0.39 is 0 Å². The predicted octanol–water partition coefficient (Wildman–Crippen LogP) is 3.00. The molecule has 0 saturated heterocycles. The van der Waals surface area contributed by atoms with Gasteiger partial charge in [-0.05, 0) is 25.0 Å². The van der Waals surface area contributed by atoms with Crippen molar-refractivity contribution < 1.29 is 9.32 Å². The van der Waals surface area contributed by atoms with Gasteiger partial charge < -0.3 is 14.8 Å². The van der Waals surface area contributed by atoms with Gasteiger partial charge in [-0.15, -0.1) is 0 Å². The molecular formula is C17H19N3O2. The summed E-state index contributed by atoms with van der Waals surface area (Å²) >= 11 is 0. The number of amides is 1. The van der Waals surface area contributed by atoms with E-state index in [-0.39, 0.29) is 5.91 Å². The number of aromatic nitrogens is 2. The van der Waals surface area contributed by atoms with Crippen LogP contribution in [0.25, 0.3) is 10.9 Å². The molecule has 0 spiro atoms. The Balaban J connectivity index is 1.65. The molecule has 0 unspecified atom stereocenters. The minimum absolute atomic E-state index is 0.115. The maximum absolute atomic E-state index is 12.3. The normalized spacial score (nSPS) is 11.0. The number of hydrogen-bond donors (Lipinski definition) is 2. The van der Waals surface area contributed by atoms with Crippen molar-refractivity contribution >= 4 is 16.8 Å². The third-order valence-corrected chi connectivity index (χ3v) is 3.84. The maximum Gasteiger partial charge on any atom is 0.256 e. The van der Waals surface area contributed by atoms with E-state index in [0.717, 1.165) is 11.9 Å². The minimum atomic E-state index is -0.115. The zero-order valence-electron chi connectivity index (χ0n) is 12.8. The van der Waals surface area contributed by atoms with Gasteiger partial charge >= 0.3 is 0 Å². The molecule has 3 rings (SSSR count). The summed E-state index contributed by atoms with van der Waals surface area (Å²) in [5.74, 6) is 0.525. The first-order chi connectivity index (χ1) is 10.7. The largest absolute Gasteiger partial charge is 0.361 e. The summed E-state index contributed by atoms with van der Waals surface area (Å²) in [7, 11) is 0. The van der Waals surface area contributed by atoms with Crippen LogP contribution in [0.4, 0.5) is 0 Å². The number of nitrogens with zero attached hydrogens (tertiary/aromatic N) is 1. The Morgan fingerprint density at radius 3 is 3.00 bits per heavy atom. The Hall–Kier alpha value is -2.56. The van der Waals surface area contributed by atoms with E-state index in [1.165, 1.54) is 10.9 Å². The van der Waals surface area contributed by atoms with E-state index >= 15 is 0 Å². The van der Waals surface area contributed by atoms with Gasteiger partial charge in [0.15, 0.2) is 0 Å². The number of nitrogens with one attached hydrogen (secondary N) is 2. The molecule has 0 atom stereocenters. The molecule has 0 bridgehead atoms. The van der Waals surface area contributed by atoms with Crippen molar-refractivity contribution in [1.82, 2.24) is 15.5 Å². The predicted molar refractivity (Wildman–Crippen MR) is 85.0 cm³/mol. The van der Waals surface area contributed by atoms with Crippen molar-refractivity contribution in [3.63, 3.8) is 0 Å². The van der Waals surface area contributed by atoms with Crippen LogP contribution in [0.3, 0.4) is 0 Å². The molecule has 0 fully saturated rings. The molecular weight excluding hydrogens is 278 g/mol. The highest BCUT2D eigenvalue weighted by Crippen LogP contribution is 2.18. The van der Waals surface area contributed by atoms with Crippen molar-refractivity contribution in [2.45, 2.75) is 26.7 Å². The molecule has 1 amide bonds. The summed E-state index contributed by atoms with van der Waals surface area (Å²) in [4.78, 5) is 15.5. The van der Waals surface area contributed by atoms with Gasteiger partial charge in [-0.3, -0.25) is 4.79 Å². The second-order valence-electron chi connectivity index (χ2n) is 5.29. The van der Waals surface area contributed by atoms with Gasteiger partial charge in [-0.1, -0.05) is 30.3 Å². The molecule has 3 aromatic rings. The van der Waals surface area contributed by atoms with Crippen LogP contribution in [0, 0.1) is 6.92 Å². The molecule has 5 heteroatoms. The number of rotatable bonds is 5. The molecule has 1 aromatic carbocycles. The average molecular weight is 297 g/mol. The number of aryl methyl sites for hydroxylation is 2. The van der Waals surface area contributed by atoms with Crippen LogP contribution >= 0.6 is 0 Å². The first kappa shape index (κ1) is 14.4. The number of hydrogen-bond acceptors (Lipinski definition) is 3. The molecule has 0 radical (unpaired) electrons. The first-order valence-corrected chi connectivity index (χ1v) is 7.49. The summed E-state index contributed by atoms with van der Waals surface area (Å²) < 4.78 is 5.16. The Morgan fingerprint density at radius 1 is 1.36 bits per heavy atom. The highest BCUT2D eigenvalue weighted by molar-refractivity contribution is 5.96. The number of carbonyl (C=O) groups is 1. The number of H-pyrrole nitrogens is 1. The van der Waals surface area contributed by atoms with Crippen LogP contribution in [0.5, 0.6) is 0 Å². The molecule has 0 aliphatic heterocycles. The van der Waals surface area contributed by atoms with E-state index in [0.29, 0.717) is 30.0 Å². The van der Waals surface area contributed by atoms with Crippen molar-refractivity contribution in [3.8, 4) is 0 Å². The van der Waals surface area contributed by atoms with E-state index in [1.54, 1.807) is 6.92 Å². The maximum atomic E-state index is 12.3. The highest BCUT2D eigenvalue weighted by atomic mass is 16.5. The molecule has 0 aliphatic carbocycles. The fraction of sp³-hybridized carbons (Fsp3) is 0.294. The monoisotopic (exact) mass is 297 g/mol. The van der Waals surface area contributed by atoms with E-state index in [4.69, 9.17) is 4.52 Å². The third-order valence-electron chi connectivity index (χ3n) is 3.84. The third kappa shape index (κ3) is 2.62.